The predicted molar refractivity (Wildman–Crippen MR) is 75.1 cm³/mol. The lowest BCUT2D eigenvalue weighted by Crippen LogP contribution is -2.40. The van der Waals surface area contributed by atoms with Crippen molar-refractivity contribution in [3.8, 4) is 0 Å². The number of rotatable bonds is 4. The van der Waals surface area contributed by atoms with Gasteiger partial charge in [-0.15, -0.1) is 0 Å². The predicted octanol–water partition coefficient (Wildman–Crippen LogP) is 2.88. The zero-order valence-corrected chi connectivity index (χ0v) is 11.5. The smallest absolute Gasteiger partial charge is 0.128 e. The van der Waals surface area contributed by atoms with E-state index in [0.29, 0.717) is 6.04 Å². The van der Waals surface area contributed by atoms with Gasteiger partial charge in [0.2, 0.25) is 0 Å². The Balaban J connectivity index is 1.98. The van der Waals surface area contributed by atoms with Crippen molar-refractivity contribution in [3.63, 3.8) is 0 Å². The van der Waals surface area contributed by atoms with Crippen molar-refractivity contribution in [1.82, 2.24) is 4.98 Å². The van der Waals surface area contributed by atoms with Crippen molar-refractivity contribution in [2.75, 3.05) is 23.8 Å². The highest BCUT2D eigenvalue weighted by atomic mass is 16.5. The minimum absolute atomic E-state index is 0.0325. The van der Waals surface area contributed by atoms with Crippen LogP contribution in [0.2, 0.25) is 0 Å². The van der Waals surface area contributed by atoms with E-state index < -0.39 is 0 Å². The van der Waals surface area contributed by atoms with Crippen LogP contribution in [0.15, 0.2) is 18.2 Å². The molecule has 1 aromatic rings. The second-order valence-corrected chi connectivity index (χ2v) is 5.38. The SMILES string of the molecule is CCNc1cccc(NC2CCOC(C)(C)C2)n1. The summed E-state index contributed by atoms with van der Waals surface area (Å²) in [4.78, 5) is 4.54. The molecule has 0 bridgehead atoms. The van der Waals surface area contributed by atoms with Gasteiger partial charge in [0.25, 0.3) is 0 Å². The van der Waals surface area contributed by atoms with Crippen LogP contribution in [0.4, 0.5) is 11.6 Å². The highest BCUT2D eigenvalue weighted by Crippen LogP contribution is 2.26. The Hall–Kier alpha value is -1.29. The monoisotopic (exact) mass is 249 g/mol. The van der Waals surface area contributed by atoms with E-state index in [1.807, 2.05) is 18.2 Å². The highest BCUT2D eigenvalue weighted by molar-refractivity contribution is 5.45. The molecule has 2 rings (SSSR count). The summed E-state index contributed by atoms with van der Waals surface area (Å²) in [6, 6.07) is 6.47. The van der Waals surface area contributed by atoms with Gasteiger partial charge in [0.15, 0.2) is 0 Å². The molecule has 2 N–H and O–H groups in total. The fraction of sp³-hybridized carbons (Fsp3) is 0.643. The topological polar surface area (TPSA) is 46.2 Å². The first-order chi connectivity index (χ1) is 8.59. The van der Waals surface area contributed by atoms with E-state index in [2.05, 4.69) is 36.4 Å². The van der Waals surface area contributed by atoms with Gasteiger partial charge in [0.05, 0.1) is 5.60 Å². The van der Waals surface area contributed by atoms with E-state index in [1.54, 1.807) is 0 Å². The molecular formula is C14H23N3O. The fourth-order valence-corrected chi connectivity index (χ4v) is 2.36. The first-order valence-corrected chi connectivity index (χ1v) is 6.70. The number of nitrogens with zero attached hydrogens (tertiary/aromatic N) is 1. The van der Waals surface area contributed by atoms with E-state index in [1.165, 1.54) is 0 Å². The molecular weight excluding hydrogens is 226 g/mol. The van der Waals surface area contributed by atoms with Crippen LogP contribution in [0.1, 0.15) is 33.6 Å². The lowest BCUT2D eigenvalue weighted by atomic mass is 9.94. The van der Waals surface area contributed by atoms with Gasteiger partial charge < -0.3 is 15.4 Å². The third kappa shape index (κ3) is 3.60. The van der Waals surface area contributed by atoms with Gasteiger partial charge in [-0.25, -0.2) is 4.98 Å². The second-order valence-electron chi connectivity index (χ2n) is 5.38. The number of anilines is 2. The minimum Gasteiger partial charge on any atom is -0.375 e. The van der Waals surface area contributed by atoms with Crippen molar-refractivity contribution < 1.29 is 4.74 Å². The lowest BCUT2D eigenvalue weighted by molar-refractivity contribution is -0.0553. The zero-order chi connectivity index (χ0) is 13.0. The van der Waals surface area contributed by atoms with Crippen molar-refractivity contribution in [3.05, 3.63) is 18.2 Å². The molecule has 0 radical (unpaired) electrons. The molecule has 100 valence electrons. The van der Waals surface area contributed by atoms with Crippen LogP contribution < -0.4 is 10.6 Å². The lowest BCUT2D eigenvalue weighted by Gasteiger charge is -2.36. The molecule has 0 saturated carbocycles. The van der Waals surface area contributed by atoms with Gasteiger partial charge in [-0.05, 0) is 45.7 Å². The number of ether oxygens (including phenoxy) is 1. The molecule has 0 aromatic carbocycles. The molecule has 18 heavy (non-hydrogen) atoms. The third-order valence-electron chi connectivity index (χ3n) is 3.16. The van der Waals surface area contributed by atoms with Crippen molar-refractivity contribution >= 4 is 11.6 Å². The fourth-order valence-electron chi connectivity index (χ4n) is 2.36. The van der Waals surface area contributed by atoms with Crippen LogP contribution in [0.3, 0.4) is 0 Å². The highest BCUT2D eigenvalue weighted by Gasteiger charge is 2.28. The van der Waals surface area contributed by atoms with Crippen LogP contribution in [0.25, 0.3) is 0 Å². The van der Waals surface area contributed by atoms with E-state index in [4.69, 9.17) is 4.74 Å². The summed E-state index contributed by atoms with van der Waals surface area (Å²) in [5.74, 6) is 1.87. The van der Waals surface area contributed by atoms with Crippen LogP contribution in [-0.2, 0) is 4.74 Å². The Labute approximate surface area is 109 Å². The molecule has 1 aromatic heterocycles. The molecule has 4 nitrogen and oxygen atoms in total. The zero-order valence-electron chi connectivity index (χ0n) is 11.5. The van der Waals surface area contributed by atoms with E-state index in [9.17, 15) is 0 Å². The second kappa shape index (κ2) is 5.57. The average Bonchev–Trinajstić information content (AvgIpc) is 2.28. The summed E-state index contributed by atoms with van der Waals surface area (Å²) in [6.45, 7) is 8.06. The van der Waals surface area contributed by atoms with Gasteiger partial charge in [0.1, 0.15) is 11.6 Å². The first kappa shape index (κ1) is 13.1. The summed E-state index contributed by atoms with van der Waals surface area (Å²) in [5.41, 5.74) is -0.0325. The third-order valence-corrected chi connectivity index (χ3v) is 3.16. The van der Waals surface area contributed by atoms with E-state index in [-0.39, 0.29) is 5.60 Å². The van der Waals surface area contributed by atoms with E-state index >= 15 is 0 Å². The van der Waals surface area contributed by atoms with Crippen molar-refractivity contribution in [2.24, 2.45) is 0 Å². The van der Waals surface area contributed by atoms with Crippen LogP contribution in [-0.4, -0.2) is 29.8 Å². The molecule has 1 aliphatic heterocycles. The number of hydrogen-bond acceptors (Lipinski definition) is 4. The quantitative estimate of drug-likeness (QED) is 0.861. The number of aromatic nitrogens is 1. The maximum atomic E-state index is 5.72. The number of hydrogen-bond donors (Lipinski definition) is 2. The van der Waals surface area contributed by atoms with Crippen molar-refractivity contribution in [1.29, 1.82) is 0 Å². The molecule has 0 aliphatic carbocycles. The number of pyridine rings is 1. The molecule has 1 saturated heterocycles. The summed E-state index contributed by atoms with van der Waals surface area (Å²) in [5, 5.41) is 6.73. The van der Waals surface area contributed by atoms with Gasteiger partial charge in [-0.1, -0.05) is 6.07 Å². The minimum atomic E-state index is -0.0325. The molecule has 0 amide bonds. The Morgan fingerprint density at radius 1 is 1.39 bits per heavy atom. The van der Waals surface area contributed by atoms with Crippen molar-refractivity contribution in [2.45, 2.75) is 45.3 Å². The summed E-state index contributed by atoms with van der Waals surface area (Å²) < 4.78 is 5.72. The largest absolute Gasteiger partial charge is 0.375 e. The van der Waals surface area contributed by atoms with E-state index in [0.717, 1.165) is 37.6 Å². The Bertz CT molecular complexity index is 392. The normalized spacial score (nSPS) is 22.5. The van der Waals surface area contributed by atoms with Gasteiger partial charge in [-0.3, -0.25) is 0 Å². The average molecular weight is 249 g/mol. The molecule has 1 unspecified atom stereocenters. The molecule has 0 spiro atoms. The summed E-state index contributed by atoms with van der Waals surface area (Å²) in [6.07, 6.45) is 2.05. The number of nitrogens with one attached hydrogen (secondary N) is 2. The standard InChI is InChI=1S/C14H23N3O/c1-4-15-12-6-5-7-13(17-12)16-11-8-9-18-14(2,3)10-11/h5-7,11H,4,8-10H2,1-3H3,(H2,15,16,17). The Morgan fingerprint density at radius 2 is 2.17 bits per heavy atom. The maximum Gasteiger partial charge on any atom is 0.128 e. The molecule has 2 heterocycles. The van der Waals surface area contributed by atoms with Crippen LogP contribution in [0.5, 0.6) is 0 Å². The summed E-state index contributed by atoms with van der Waals surface area (Å²) >= 11 is 0. The van der Waals surface area contributed by atoms with Gasteiger partial charge >= 0.3 is 0 Å². The molecule has 1 aliphatic rings. The molecule has 4 heteroatoms. The first-order valence-electron chi connectivity index (χ1n) is 6.70. The maximum absolute atomic E-state index is 5.72. The molecule has 1 fully saturated rings. The Kier molecular flexibility index (Phi) is 4.07. The van der Waals surface area contributed by atoms with Gasteiger partial charge in [0, 0.05) is 19.2 Å². The molecule has 1 atom stereocenters. The van der Waals surface area contributed by atoms with Crippen LogP contribution >= 0.6 is 0 Å². The summed E-state index contributed by atoms with van der Waals surface area (Å²) in [7, 11) is 0. The Morgan fingerprint density at radius 3 is 2.89 bits per heavy atom. The van der Waals surface area contributed by atoms with Gasteiger partial charge in [-0.2, -0.15) is 0 Å². The van der Waals surface area contributed by atoms with Crippen LogP contribution in [0, 0.1) is 0 Å².